The average molecular weight is 317 g/mol. The van der Waals surface area contributed by atoms with E-state index in [0.717, 1.165) is 31.4 Å². The molecule has 1 aromatic heterocycles. The molecule has 4 rings (SSSR count). The van der Waals surface area contributed by atoms with Crippen LogP contribution >= 0.6 is 0 Å². The van der Waals surface area contributed by atoms with Gasteiger partial charge in [-0.1, -0.05) is 0 Å². The Balaban J connectivity index is 1.37. The fraction of sp³-hybridized carbons (Fsp3) is 0.765. The molecular weight excluding hydrogens is 290 g/mol. The number of piperazine rings is 1. The van der Waals surface area contributed by atoms with E-state index in [1.807, 2.05) is 24.3 Å². The van der Waals surface area contributed by atoms with E-state index in [0.29, 0.717) is 12.0 Å². The van der Waals surface area contributed by atoms with Crippen molar-refractivity contribution in [2.24, 2.45) is 18.4 Å². The van der Waals surface area contributed by atoms with Crippen LogP contribution in [-0.4, -0.2) is 58.6 Å². The maximum atomic E-state index is 12.6. The third-order valence-corrected chi connectivity index (χ3v) is 6.02. The smallest absolute Gasteiger partial charge is 0.317 e. The first-order valence-electron chi connectivity index (χ1n) is 8.79. The van der Waals surface area contributed by atoms with Crippen molar-refractivity contribution in [1.29, 1.82) is 0 Å². The van der Waals surface area contributed by atoms with E-state index in [4.69, 9.17) is 0 Å². The zero-order chi connectivity index (χ0) is 16.0. The molecule has 1 saturated heterocycles. The van der Waals surface area contributed by atoms with Gasteiger partial charge in [-0.05, 0) is 44.1 Å². The summed E-state index contributed by atoms with van der Waals surface area (Å²) in [6, 6.07) is 0.275. The molecule has 3 aliphatic rings. The molecule has 6 nitrogen and oxygen atoms in total. The molecule has 126 valence electrons. The molecule has 0 aromatic carbocycles. The lowest BCUT2D eigenvalue weighted by Crippen LogP contribution is -2.53. The van der Waals surface area contributed by atoms with Gasteiger partial charge in [0.1, 0.15) is 5.82 Å². The average Bonchev–Trinajstić information content (AvgIpc) is 3.44. The molecular formula is C17H27N5O. The van der Waals surface area contributed by atoms with Crippen LogP contribution in [0.3, 0.4) is 0 Å². The quantitative estimate of drug-likeness (QED) is 0.918. The van der Waals surface area contributed by atoms with Crippen molar-refractivity contribution in [3.8, 4) is 0 Å². The minimum atomic E-state index is 0.101. The lowest BCUT2D eigenvalue weighted by molar-refractivity contribution is 0.103. The van der Waals surface area contributed by atoms with Crippen LogP contribution in [0.4, 0.5) is 4.79 Å². The summed E-state index contributed by atoms with van der Waals surface area (Å²) in [5.74, 6) is 1.91. The van der Waals surface area contributed by atoms with Crippen LogP contribution in [0.25, 0.3) is 0 Å². The van der Waals surface area contributed by atoms with Crippen LogP contribution in [0.1, 0.15) is 37.5 Å². The second kappa shape index (κ2) is 5.51. The monoisotopic (exact) mass is 317 g/mol. The first-order chi connectivity index (χ1) is 11.1. The van der Waals surface area contributed by atoms with E-state index >= 15 is 0 Å². The third-order valence-electron chi connectivity index (χ3n) is 6.02. The summed E-state index contributed by atoms with van der Waals surface area (Å²) in [4.78, 5) is 21.3. The fourth-order valence-corrected chi connectivity index (χ4v) is 3.98. The zero-order valence-corrected chi connectivity index (χ0v) is 14.2. The number of likely N-dealkylation sites (N-methyl/N-ethyl adjacent to an activating group) is 1. The van der Waals surface area contributed by atoms with Gasteiger partial charge in [0.15, 0.2) is 0 Å². The third kappa shape index (κ3) is 2.84. The van der Waals surface area contributed by atoms with E-state index in [9.17, 15) is 4.79 Å². The van der Waals surface area contributed by atoms with Crippen LogP contribution < -0.4 is 5.32 Å². The number of urea groups is 1. The first kappa shape index (κ1) is 15.0. The fourth-order valence-electron chi connectivity index (χ4n) is 3.98. The molecule has 6 heteroatoms. The number of nitrogens with one attached hydrogen (secondary N) is 1. The van der Waals surface area contributed by atoms with Gasteiger partial charge in [-0.3, -0.25) is 4.90 Å². The van der Waals surface area contributed by atoms with E-state index < -0.39 is 0 Å². The topological polar surface area (TPSA) is 53.4 Å². The van der Waals surface area contributed by atoms with Gasteiger partial charge in [0.05, 0.1) is 6.04 Å². The molecule has 23 heavy (non-hydrogen) atoms. The Bertz CT molecular complexity index is 590. The Kier molecular flexibility index (Phi) is 3.59. The largest absolute Gasteiger partial charge is 0.337 e. The number of amides is 2. The second-order valence-electron chi connectivity index (χ2n) is 7.63. The summed E-state index contributed by atoms with van der Waals surface area (Å²) < 4.78 is 2.05. The van der Waals surface area contributed by atoms with Crippen LogP contribution in [-0.2, 0) is 7.05 Å². The van der Waals surface area contributed by atoms with Gasteiger partial charge in [0.2, 0.25) is 0 Å². The highest BCUT2D eigenvalue weighted by Gasteiger charge is 2.53. The minimum Gasteiger partial charge on any atom is -0.337 e. The number of hydrogen-bond acceptors (Lipinski definition) is 3. The Morgan fingerprint density at radius 3 is 2.74 bits per heavy atom. The van der Waals surface area contributed by atoms with Crippen LogP contribution in [0.15, 0.2) is 12.4 Å². The SMILES string of the molecule is CN1CCN(C(=O)NCC2(C3CC3)CC2)C[C@@H]1c1nccn1C. The molecule has 0 bridgehead atoms. The number of imidazole rings is 1. The zero-order valence-electron chi connectivity index (χ0n) is 14.2. The van der Waals surface area contributed by atoms with Gasteiger partial charge in [-0.2, -0.15) is 0 Å². The number of aryl methyl sites for hydroxylation is 1. The standard InChI is InChI=1S/C17H27N5O/c1-20-9-10-22(11-14(20)15-18-7-8-21(15)2)16(23)19-12-17(5-6-17)13-3-4-13/h7-8,13-14H,3-6,9-12H2,1-2H3,(H,19,23)/t14-/m1/s1. The lowest BCUT2D eigenvalue weighted by atomic mass is 10.0. The maximum absolute atomic E-state index is 12.6. The van der Waals surface area contributed by atoms with Crippen molar-refractivity contribution in [3.63, 3.8) is 0 Å². The summed E-state index contributed by atoms with van der Waals surface area (Å²) in [6.07, 6.45) is 9.13. The molecule has 3 fully saturated rings. The number of nitrogens with zero attached hydrogens (tertiary/aromatic N) is 4. The first-order valence-corrected chi connectivity index (χ1v) is 8.79. The summed E-state index contributed by atoms with van der Waals surface area (Å²) in [5.41, 5.74) is 0.460. The highest BCUT2D eigenvalue weighted by atomic mass is 16.2. The predicted octanol–water partition coefficient (Wildman–Crippen LogP) is 1.61. The molecule has 0 radical (unpaired) electrons. The number of carbonyl (C=O) groups excluding carboxylic acids is 1. The van der Waals surface area contributed by atoms with Crippen molar-refractivity contribution >= 4 is 6.03 Å². The van der Waals surface area contributed by atoms with Gasteiger partial charge in [0, 0.05) is 45.6 Å². The van der Waals surface area contributed by atoms with Crippen molar-refractivity contribution in [1.82, 2.24) is 24.7 Å². The van der Waals surface area contributed by atoms with E-state index in [1.165, 1.54) is 25.7 Å². The lowest BCUT2D eigenvalue weighted by Gasteiger charge is -2.39. The van der Waals surface area contributed by atoms with Gasteiger partial charge in [-0.25, -0.2) is 9.78 Å². The highest BCUT2D eigenvalue weighted by Crippen LogP contribution is 2.60. The molecule has 1 aliphatic heterocycles. The summed E-state index contributed by atoms with van der Waals surface area (Å²) in [7, 11) is 4.13. The van der Waals surface area contributed by atoms with Gasteiger partial charge >= 0.3 is 6.03 Å². The molecule has 2 amide bonds. The molecule has 1 N–H and O–H groups in total. The summed E-state index contributed by atoms with van der Waals surface area (Å²) >= 11 is 0. The van der Waals surface area contributed by atoms with E-state index in [-0.39, 0.29) is 12.1 Å². The minimum absolute atomic E-state index is 0.101. The molecule has 2 heterocycles. The molecule has 2 aliphatic carbocycles. The number of hydrogen-bond donors (Lipinski definition) is 1. The van der Waals surface area contributed by atoms with Gasteiger partial charge in [-0.15, -0.1) is 0 Å². The van der Waals surface area contributed by atoms with Crippen LogP contribution in [0.5, 0.6) is 0 Å². The Morgan fingerprint density at radius 2 is 2.13 bits per heavy atom. The maximum Gasteiger partial charge on any atom is 0.317 e. The normalized spacial score (nSPS) is 27.0. The van der Waals surface area contributed by atoms with E-state index in [1.54, 1.807) is 0 Å². The molecule has 0 spiro atoms. The number of carbonyl (C=O) groups is 1. The molecule has 1 atom stereocenters. The van der Waals surface area contributed by atoms with Crippen molar-refractivity contribution in [2.45, 2.75) is 31.7 Å². The highest BCUT2D eigenvalue weighted by molar-refractivity contribution is 5.74. The Hall–Kier alpha value is -1.56. The Labute approximate surface area is 137 Å². The Morgan fingerprint density at radius 1 is 1.35 bits per heavy atom. The number of aromatic nitrogens is 2. The van der Waals surface area contributed by atoms with Crippen LogP contribution in [0.2, 0.25) is 0 Å². The molecule has 2 saturated carbocycles. The van der Waals surface area contributed by atoms with Crippen molar-refractivity contribution in [2.75, 3.05) is 33.2 Å². The van der Waals surface area contributed by atoms with Crippen molar-refractivity contribution in [3.05, 3.63) is 18.2 Å². The van der Waals surface area contributed by atoms with E-state index in [2.05, 4.69) is 26.8 Å². The van der Waals surface area contributed by atoms with Gasteiger partial charge < -0.3 is 14.8 Å². The molecule has 1 aromatic rings. The number of rotatable bonds is 4. The summed E-state index contributed by atoms with van der Waals surface area (Å²) in [5, 5.41) is 3.21. The molecule has 0 unspecified atom stereocenters. The second-order valence-corrected chi connectivity index (χ2v) is 7.63. The van der Waals surface area contributed by atoms with Crippen molar-refractivity contribution < 1.29 is 4.79 Å². The predicted molar refractivity (Wildman–Crippen MR) is 87.9 cm³/mol. The summed E-state index contributed by atoms with van der Waals surface area (Å²) in [6.45, 7) is 3.26. The van der Waals surface area contributed by atoms with Crippen LogP contribution in [0, 0.1) is 11.3 Å². The van der Waals surface area contributed by atoms with Gasteiger partial charge in [0.25, 0.3) is 0 Å².